The monoisotopic (exact) mass is 434 g/mol. The first-order chi connectivity index (χ1) is 14.7. The summed E-state index contributed by atoms with van der Waals surface area (Å²) >= 11 is 0. The number of nitrogens with two attached hydrogens (primary N) is 1. The molecule has 4 rings (SSSR count). The highest BCUT2D eigenvalue weighted by Gasteiger charge is 2.10. The van der Waals surface area contributed by atoms with Crippen LogP contribution in [-0.2, 0) is 13.2 Å². The van der Waals surface area contributed by atoms with Gasteiger partial charge in [0.2, 0.25) is 0 Å². The van der Waals surface area contributed by atoms with Gasteiger partial charge in [0.05, 0.1) is 29.7 Å². The molecule has 2 aromatic carbocycles. The molecular formula is C23H23ClN6O. The summed E-state index contributed by atoms with van der Waals surface area (Å²) in [5, 5.41) is 11.1. The molecule has 0 fully saturated rings. The molecule has 5 N–H and O–H groups in total. The lowest BCUT2D eigenvalue weighted by atomic mass is 10.1. The van der Waals surface area contributed by atoms with E-state index in [9.17, 15) is 0 Å². The number of H-pyrrole nitrogens is 1. The number of nitrogens with zero attached hydrogens (tertiary/aromatic N) is 2. The molecule has 0 aliphatic carbocycles. The van der Waals surface area contributed by atoms with Crippen LogP contribution >= 0.6 is 12.4 Å². The number of amidine groups is 1. The Kier molecular flexibility index (Phi) is 7.24. The zero-order valence-electron chi connectivity index (χ0n) is 16.7. The van der Waals surface area contributed by atoms with Crippen LogP contribution in [0.5, 0.6) is 5.75 Å². The topological polar surface area (TPSA) is 113 Å². The van der Waals surface area contributed by atoms with Crippen molar-refractivity contribution >= 4 is 23.9 Å². The number of aromatic amines is 1. The molecular weight excluding hydrogens is 412 g/mol. The van der Waals surface area contributed by atoms with Gasteiger partial charge in [-0.05, 0) is 29.8 Å². The number of hydrogen-bond acceptors (Lipinski definition) is 5. The molecule has 2 heterocycles. The highest BCUT2D eigenvalue weighted by molar-refractivity contribution is 5.98. The summed E-state index contributed by atoms with van der Waals surface area (Å²) in [5.41, 5.74) is 9.95. The summed E-state index contributed by atoms with van der Waals surface area (Å²) in [6.45, 7) is 0.815. The molecule has 8 heteroatoms. The molecule has 158 valence electrons. The van der Waals surface area contributed by atoms with Crippen LogP contribution in [0, 0.1) is 5.41 Å². The zero-order chi connectivity index (χ0) is 20.8. The quantitative estimate of drug-likeness (QED) is 0.243. The molecule has 2 aromatic heterocycles. The van der Waals surface area contributed by atoms with E-state index < -0.39 is 0 Å². The Hall–Kier alpha value is -3.84. The van der Waals surface area contributed by atoms with E-state index in [1.165, 1.54) is 0 Å². The summed E-state index contributed by atoms with van der Waals surface area (Å²) in [4.78, 5) is 12.0. The van der Waals surface area contributed by atoms with Crippen LogP contribution in [-0.4, -0.2) is 20.8 Å². The maximum atomic E-state index is 7.80. The number of hydrogen-bond donors (Lipinski definition) is 4. The number of rotatable bonds is 8. The fraction of sp³-hybridized carbons (Fsp3) is 0.0870. The Balaban J connectivity index is 0.00000272. The van der Waals surface area contributed by atoms with Gasteiger partial charge in [0.15, 0.2) is 0 Å². The lowest BCUT2D eigenvalue weighted by Gasteiger charge is -2.13. The molecule has 4 aromatic rings. The van der Waals surface area contributed by atoms with Crippen molar-refractivity contribution in [3.05, 3.63) is 96.2 Å². The molecule has 0 aliphatic rings. The van der Waals surface area contributed by atoms with Crippen LogP contribution in [0.1, 0.15) is 17.1 Å². The second-order valence-electron chi connectivity index (χ2n) is 6.70. The van der Waals surface area contributed by atoms with Gasteiger partial charge in [-0.3, -0.25) is 10.4 Å². The van der Waals surface area contributed by atoms with Gasteiger partial charge >= 0.3 is 0 Å². The fourth-order valence-electron chi connectivity index (χ4n) is 3.01. The Morgan fingerprint density at radius 3 is 2.58 bits per heavy atom. The minimum atomic E-state index is -0.0453. The van der Waals surface area contributed by atoms with Gasteiger partial charge in [-0.15, -0.1) is 12.4 Å². The normalized spacial score (nSPS) is 10.2. The standard InChI is InChI=1S/C23H22N6O.ClH/c24-23(25)19-10-9-17(12-21(19)30-15-18-8-4-5-11-26-18)27-14-22-28-13-20(29-22)16-6-2-1-3-7-16;/h1-13,27H,14-15H2,(H3,24,25)(H,28,29);1H. The van der Waals surface area contributed by atoms with E-state index >= 15 is 0 Å². The maximum Gasteiger partial charge on any atom is 0.132 e. The van der Waals surface area contributed by atoms with Crippen LogP contribution < -0.4 is 15.8 Å². The smallest absolute Gasteiger partial charge is 0.132 e. The van der Waals surface area contributed by atoms with Gasteiger partial charge in [-0.2, -0.15) is 0 Å². The van der Waals surface area contributed by atoms with Gasteiger partial charge in [0.25, 0.3) is 0 Å². The van der Waals surface area contributed by atoms with E-state index in [2.05, 4.69) is 20.3 Å². The van der Waals surface area contributed by atoms with Crippen molar-refractivity contribution in [2.24, 2.45) is 5.73 Å². The zero-order valence-corrected chi connectivity index (χ0v) is 17.5. The van der Waals surface area contributed by atoms with Crippen molar-refractivity contribution in [2.75, 3.05) is 5.32 Å². The van der Waals surface area contributed by atoms with Crippen molar-refractivity contribution in [3.8, 4) is 17.0 Å². The van der Waals surface area contributed by atoms with Crippen LogP contribution in [0.3, 0.4) is 0 Å². The molecule has 0 unspecified atom stereocenters. The highest BCUT2D eigenvalue weighted by atomic mass is 35.5. The van der Waals surface area contributed by atoms with E-state index in [0.717, 1.165) is 28.5 Å². The van der Waals surface area contributed by atoms with Gasteiger partial charge < -0.3 is 20.8 Å². The van der Waals surface area contributed by atoms with Gasteiger partial charge in [-0.1, -0.05) is 36.4 Å². The third kappa shape index (κ3) is 5.61. The maximum absolute atomic E-state index is 7.80. The molecule has 0 aliphatic heterocycles. The Morgan fingerprint density at radius 2 is 1.84 bits per heavy atom. The van der Waals surface area contributed by atoms with E-state index in [4.69, 9.17) is 15.9 Å². The Morgan fingerprint density at radius 1 is 1.03 bits per heavy atom. The van der Waals surface area contributed by atoms with Crippen LogP contribution in [0.25, 0.3) is 11.3 Å². The number of aromatic nitrogens is 3. The van der Waals surface area contributed by atoms with E-state index in [0.29, 0.717) is 24.5 Å². The first-order valence-corrected chi connectivity index (χ1v) is 9.53. The summed E-state index contributed by atoms with van der Waals surface area (Å²) < 4.78 is 5.89. The minimum Gasteiger partial charge on any atom is -0.486 e. The summed E-state index contributed by atoms with van der Waals surface area (Å²) in [7, 11) is 0. The SMILES string of the molecule is Cl.N=C(N)c1ccc(NCc2ncc(-c3ccccc3)[nH]2)cc1OCc1ccccn1. The average molecular weight is 435 g/mol. The molecule has 0 bridgehead atoms. The van der Waals surface area contributed by atoms with E-state index in [1.54, 1.807) is 12.3 Å². The summed E-state index contributed by atoms with van der Waals surface area (Å²) in [6, 6.07) is 21.2. The van der Waals surface area contributed by atoms with Crippen LogP contribution in [0.2, 0.25) is 0 Å². The van der Waals surface area contributed by atoms with Gasteiger partial charge in [-0.25, -0.2) is 4.98 Å². The molecule has 0 spiro atoms. The molecule has 7 nitrogen and oxygen atoms in total. The number of nitrogens with one attached hydrogen (secondary N) is 3. The average Bonchev–Trinajstić information content (AvgIpc) is 3.27. The largest absolute Gasteiger partial charge is 0.486 e. The Bertz CT molecular complexity index is 1130. The van der Waals surface area contributed by atoms with Crippen LogP contribution in [0.4, 0.5) is 5.69 Å². The number of imidazole rings is 1. The first kappa shape index (κ1) is 21.9. The number of pyridine rings is 1. The van der Waals surface area contributed by atoms with E-state index in [1.807, 2.05) is 66.9 Å². The molecule has 31 heavy (non-hydrogen) atoms. The third-order valence-electron chi connectivity index (χ3n) is 4.55. The lowest BCUT2D eigenvalue weighted by molar-refractivity contribution is 0.301. The molecule has 0 saturated heterocycles. The van der Waals surface area contributed by atoms with Crippen molar-refractivity contribution in [1.29, 1.82) is 5.41 Å². The van der Waals surface area contributed by atoms with Crippen molar-refractivity contribution in [1.82, 2.24) is 15.0 Å². The predicted octanol–water partition coefficient (Wildman–Crippen LogP) is 4.37. The third-order valence-corrected chi connectivity index (χ3v) is 4.55. The number of benzene rings is 2. The second-order valence-corrected chi connectivity index (χ2v) is 6.70. The van der Waals surface area contributed by atoms with Gasteiger partial charge in [0.1, 0.15) is 24.0 Å². The molecule has 0 saturated carbocycles. The molecule has 0 atom stereocenters. The molecule has 0 radical (unpaired) electrons. The number of nitrogen functional groups attached to an aromatic ring is 1. The van der Waals surface area contributed by atoms with Crippen molar-refractivity contribution < 1.29 is 4.74 Å². The number of halogens is 1. The van der Waals surface area contributed by atoms with Gasteiger partial charge in [0, 0.05) is 18.0 Å². The summed E-state index contributed by atoms with van der Waals surface area (Å²) in [5.74, 6) is 1.30. The highest BCUT2D eigenvalue weighted by Crippen LogP contribution is 2.25. The van der Waals surface area contributed by atoms with Crippen molar-refractivity contribution in [3.63, 3.8) is 0 Å². The number of anilines is 1. The Labute approximate surface area is 186 Å². The second kappa shape index (κ2) is 10.3. The first-order valence-electron chi connectivity index (χ1n) is 9.53. The van der Waals surface area contributed by atoms with Crippen molar-refractivity contribution in [2.45, 2.75) is 13.2 Å². The lowest BCUT2D eigenvalue weighted by Crippen LogP contribution is -2.14. The fourth-order valence-corrected chi connectivity index (χ4v) is 3.01. The number of ether oxygens (including phenoxy) is 1. The summed E-state index contributed by atoms with van der Waals surface area (Å²) in [6.07, 6.45) is 3.54. The molecule has 0 amide bonds. The van der Waals surface area contributed by atoms with Crippen LogP contribution in [0.15, 0.2) is 79.1 Å². The predicted molar refractivity (Wildman–Crippen MR) is 125 cm³/mol. The van der Waals surface area contributed by atoms with E-state index in [-0.39, 0.29) is 18.2 Å². The minimum absolute atomic E-state index is 0.